The maximum absolute atomic E-state index is 11.5. The van der Waals surface area contributed by atoms with Crippen LogP contribution in [0.2, 0.25) is 0 Å². The van der Waals surface area contributed by atoms with Gasteiger partial charge in [0.2, 0.25) is 6.41 Å². The molecule has 5 rings (SSSR count). The molecular weight excluding hydrogens is 428 g/mol. The predicted octanol–water partition coefficient (Wildman–Crippen LogP) is 2.45. The van der Waals surface area contributed by atoms with Crippen molar-refractivity contribution in [3.8, 4) is 11.5 Å². The quantitative estimate of drug-likeness (QED) is 0.690. The number of ether oxygens (including phenoxy) is 2. The molecule has 32 heavy (non-hydrogen) atoms. The predicted molar refractivity (Wildman–Crippen MR) is 122 cm³/mol. The number of carbonyl (C=O) groups is 1. The van der Waals surface area contributed by atoms with Crippen LogP contribution in [0.3, 0.4) is 0 Å². The van der Waals surface area contributed by atoms with Crippen LogP contribution in [0.1, 0.15) is 42.3 Å². The first-order valence-electron chi connectivity index (χ1n) is 11.4. The standard InChI is InChI=1S/C23H30N4O4S/c1-16(17-2-3-20-21(12-17)31-11-10-30-20)25-6-8-26(9-7-25)23-24-14-22(32-23)19-13-18(29)4-5-27(19)15-28/h2-3,12,14-16,18-19,29H,4-11,13H2,1H3. The molecule has 8 nitrogen and oxygen atoms in total. The van der Waals surface area contributed by atoms with Gasteiger partial charge >= 0.3 is 0 Å². The number of anilines is 1. The number of benzene rings is 1. The van der Waals surface area contributed by atoms with E-state index in [1.165, 1.54) is 5.56 Å². The summed E-state index contributed by atoms with van der Waals surface area (Å²) in [6.07, 6.45) is 3.65. The first-order chi connectivity index (χ1) is 15.6. The Hall–Kier alpha value is -2.36. The highest BCUT2D eigenvalue weighted by molar-refractivity contribution is 7.15. The first kappa shape index (κ1) is 21.5. The van der Waals surface area contributed by atoms with Crippen molar-refractivity contribution in [2.75, 3.05) is 50.8 Å². The van der Waals surface area contributed by atoms with Crippen LogP contribution in [0.4, 0.5) is 5.13 Å². The molecule has 1 N–H and O–H groups in total. The highest BCUT2D eigenvalue weighted by Crippen LogP contribution is 2.37. The van der Waals surface area contributed by atoms with Gasteiger partial charge in [-0.1, -0.05) is 17.4 Å². The summed E-state index contributed by atoms with van der Waals surface area (Å²) in [7, 11) is 0. The van der Waals surface area contributed by atoms with Crippen LogP contribution in [0.15, 0.2) is 24.4 Å². The third-order valence-electron chi connectivity index (χ3n) is 6.77. The van der Waals surface area contributed by atoms with Crippen molar-refractivity contribution in [1.82, 2.24) is 14.8 Å². The van der Waals surface area contributed by atoms with E-state index in [-0.39, 0.29) is 12.1 Å². The second kappa shape index (κ2) is 9.25. The minimum absolute atomic E-state index is 0.0704. The summed E-state index contributed by atoms with van der Waals surface area (Å²) < 4.78 is 11.4. The van der Waals surface area contributed by atoms with Gasteiger partial charge in [-0.05, 0) is 37.5 Å². The molecule has 1 aromatic heterocycles. The zero-order valence-electron chi connectivity index (χ0n) is 18.4. The zero-order valence-corrected chi connectivity index (χ0v) is 19.2. The molecule has 2 aromatic rings. The van der Waals surface area contributed by atoms with Gasteiger partial charge in [-0.2, -0.15) is 0 Å². The lowest BCUT2D eigenvalue weighted by atomic mass is 9.99. The van der Waals surface area contributed by atoms with Crippen molar-refractivity contribution in [1.29, 1.82) is 0 Å². The van der Waals surface area contributed by atoms with E-state index in [9.17, 15) is 9.90 Å². The molecular formula is C23H30N4O4S. The van der Waals surface area contributed by atoms with E-state index in [2.05, 4.69) is 33.8 Å². The van der Waals surface area contributed by atoms with Crippen molar-refractivity contribution >= 4 is 22.9 Å². The van der Waals surface area contributed by atoms with Crippen LogP contribution < -0.4 is 14.4 Å². The normalized spacial score (nSPS) is 24.9. The molecule has 172 valence electrons. The fourth-order valence-electron chi connectivity index (χ4n) is 4.78. The summed E-state index contributed by atoms with van der Waals surface area (Å²) in [5.74, 6) is 1.67. The van der Waals surface area contributed by atoms with Crippen LogP contribution in [0, 0.1) is 0 Å². The maximum atomic E-state index is 11.5. The van der Waals surface area contributed by atoms with Crippen molar-refractivity contribution < 1.29 is 19.4 Å². The molecule has 3 atom stereocenters. The van der Waals surface area contributed by atoms with Crippen molar-refractivity contribution in [3.05, 3.63) is 34.8 Å². The fourth-order valence-corrected chi connectivity index (χ4v) is 5.88. The second-order valence-corrected chi connectivity index (χ2v) is 9.73. The smallest absolute Gasteiger partial charge is 0.210 e. The number of likely N-dealkylation sites (tertiary alicyclic amines) is 1. The highest BCUT2D eigenvalue weighted by atomic mass is 32.1. The Morgan fingerprint density at radius 1 is 1.16 bits per heavy atom. The second-order valence-electron chi connectivity index (χ2n) is 8.68. The molecule has 3 aliphatic rings. The van der Waals surface area contributed by atoms with Crippen LogP contribution in [0.25, 0.3) is 0 Å². The molecule has 9 heteroatoms. The monoisotopic (exact) mass is 458 g/mol. The van der Waals surface area contributed by atoms with Gasteiger partial charge in [0.05, 0.1) is 12.1 Å². The summed E-state index contributed by atoms with van der Waals surface area (Å²) in [6, 6.07) is 6.48. The lowest BCUT2D eigenvalue weighted by Gasteiger charge is -2.38. The SMILES string of the molecule is CC(c1ccc2c(c1)OCCO2)N1CCN(c2ncc(C3CC(O)CCN3C=O)s2)CC1. The number of thiazole rings is 1. The highest BCUT2D eigenvalue weighted by Gasteiger charge is 2.30. The van der Waals surface area contributed by atoms with E-state index >= 15 is 0 Å². The third kappa shape index (κ3) is 4.29. The average molecular weight is 459 g/mol. The van der Waals surface area contributed by atoms with Crippen LogP contribution in [-0.2, 0) is 4.79 Å². The van der Waals surface area contributed by atoms with Crippen LogP contribution >= 0.6 is 11.3 Å². The number of hydrogen-bond acceptors (Lipinski definition) is 8. The number of piperidine rings is 1. The van der Waals surface area contributed by atoms with Crippen molar-refractivity contribution in [2.24, 2.45) is 0 Å². The maximum Gasteiger partial charge on any atom is 0.210 e. The van der Waals surface area contributed by atoms with Crippen LogP contribution in [0.5, 0.6) is 11.5 Å². The van der Waals surface area contributed by atoms with Gasteiger partial charge in [-0.3, -0.25) is 9.69 Å². The Kier molecular flexibility index (Phi) is 6.21. The van der Waals surface area contributed by atoms with Gasteiger partial charge in [-0.25, -0.2) is 4.98 Å². The Morgan fingerprint density at radius 2 is 1.94 bits per heavy atom. The largest absolute Gasteiger partial charge is 0.486 e. The van der Waals surface area contributed by atoms with Crippen molar-refractivity contribution in [3.63, 3.8) is 0 Å². The van der Waals surface area contributed by atoms with Gasteiger partial charge < -0.3 is 24.4 Å². The average Bonchev–Trinajstić information content (AvgIpc) is 3.33. The summed E-state index contributed by atoms with van der Waals surface area (Å²) >= 11 is 1.64. The van der Waals surface area contributed by atoms with E-state index in [1.54, 1.807) is 16.2 Å². The molecule has 0 bridgehead atoms. The van der Waals surface area contributed by atoms with E-state index in [4.69, 9.17) is 9.47 Å². The van der Waals surface area contributed by atoms with E-state index in [0.717, 1.165) is 54.1 Å². The summed E-state index contributed by atoms with van der Waals surface area (Å²) in [4.78, 5) is 23.8. The topological polar surface area (TPSA) is 78.4 Å². The number of rotatable bonds is 5. The zero-order chi connectivity index (χ0) is 22.1. The molecule has 0 aliphatic carbocycles. The van der Waals surface area contributed by atoms with Gasteiger partial charge in [0.1, 0.15) is 13.2 Å². The molecule has 1 amide bonds. The number of amides is 1. The van der Waals surface area contributed by atoms with Gasteiger partial charge in [0, 0.05) is 49.8 Å². The minimum Gasteiger partial charge on any atom is -0.486 e. The van der Waals surface area contributed by atoms with E-state index in [1.807, 2.05) is 12.3 Å². The molecule has 3 unspecified atom stereocenters. The number of aromatic nitrogens is 1. The molecule has 2 fully saturated rings. The number of aliphatic hydroxyl groups excluding tert-OH is 1. The first-order valence-corrected chi connectivity index (χ1v) is 12.2. The number of aliphatic hydroxyl groups is 1. The number of carbonyl (C=O) groups excluding carboxylic acids is 1. The van der Waals surface area contributed by atoms with E-state index < -0.39 is 0 Å². The molecule has 0 spiro atoms. The lowest BCUT2D eigenvalue weighted by Crippen LogP contribution is -2.47. The third-order valence-corrected chi connectivity index (χ3v) is 7.93. The molecule has 3 aliphatic heterocycles. The Morgan fingerprint density at radius 3 is 2.72 bits per heavy atom. The fraction of sp³-hybridized carbons (Fsp3) is 0.565. The molecule has 0 radical (unpaired) electrons. The molecule has 4 heterocycles. The van der Waals surface area contributed by atoms with E-state index in [0.29, 0.717) is 38.6 Å². The van der Waals surface area contributed by atoms with Crippen LogP contribution in [-0.4, -0.2) is 78.3 Å². The van der Waals surface area contributed by atoms with Gasteiger partial charge in [-0.15, -0.1) is 0 Å². The number of hydrogen-bond donors (Lipinski definition) is 1. The molecule has 0 saturated carbocycles. The Balaban J connectivity index is 1.21. The summed E-state index contributed by atoms with van der Waals surface area (Å²) in [6.45, 7) is 7.77. The molecule has 1 aromatic carbocycles. The molecule has 2 saturated heterocycles. The Labute approximate surface area is 192 Å². The number of nitrogens with zero attached hydrogens (tertiary/aromatic N) is 4. The number of fused-ring (bicyclic) bond motifs is 1. The minimum atomic E-state index is -0.354. The number of piperazine rings is 1. The lowest BCUT2D eigenvalue weighted by molar-refractivity contribution is -0.123. The van der Waals surface area contributed by atoms with Crippen molar-refractivity contribution in [2.45, 2.75) is 38.0 Å². The van der Waals surface area contributed by atoms with Gasteiger partial charge in [0.25, 0.3) is 0 Å². The summed E-state index contributed by atoms with van der Waals surface area (Å²) in [5.41, 5.74) is 1.24. The van der Waals surface area contributed by atoms with Gasteiger partial charge in [0.15, 0.2) is 16.6 Å². The Bertz CT molecular complexity index is 946. The summed E-state index contributed by atoms with van der Waals surface area (Å²) in [5, 5.41) is 11.1.